The van der Waals surface area contributed by atoms with Gasteiger partial charge in [0.25, 0.3) is 0 Å². The molecular weight excluding hydrogens is 138 g/mol. The highest BCUT2D eigenvalue weighted by atomic mass is 35.5. The normalized spacial score (nSPS) is 35.3. The highest BCUT2D eigenvalue weighted by Gasteiger charge is 2.16. The van der Waals surface area contributed by atoms with E-state index in [0.29, 0.717) is 6.04 Å². The van der Waals surface area contributed by atoms with Crippen LogP contribution in [0.2, 0.25) is 0 Å². The summed E-state index contributed by atoms with van der Waals surface area (Å²) in [6.45, 7) is 3.09. The minimum atomic E-state index is -0.108. The molecule has 0 unspecified atom stereocenters. The van der Waals surface area contributed by atoms with Gasteiger partial charge in [0, 0.05) is 6.04 Å². The third kappa shape index (κ3) is 2.52. The molecule has 9 heavy (non-hydrogen) atoms. The summed E-state index contributed by atoms with van der Waals surface area (Å²) in [5, 5.41) is 12.3. The van der Waals surface area contributed by atoms with Crippen LogP contribution in [0, 0.1) is 0 Å². The average Bonchev–Trinajstić information content (AvgIpc) is 1.77. The van der Waals surface area contributed by atoms with Gasteiger partial charge in [-0.3, -0.25) is 0 Å². The third-order valence-corrected chi connectivity index (χ3v) is 1.72. The van der Waals surface area contributed by atoms with Crippen molar-refractivity contribution in [3.05, 3.63) is 0 Å². The van der Waals surface area contributed by atoms with E-state index in [2.05, 4.69) is 5.32 Å². The topological polar surface area (TPSA) is 32.3 Å². The Morgan fingerprint density at radius 1 is 1.56 bits per heavy atom. The van der Waals surface area contributed by atoms with Crippen LogP contribution in [0.15, 0.2) is 0 Å². The molecule has 0 saturated carbocycles. The van der Waals surface area contributed by atoms with Gasteiger partial charge in [0.1, 0.15) is 0 Å². The van der Waals surface area contributed by atoms with Gasteiger partial charge in [-0.15, -0.1) is 12.4 Å². The maximum atomic E-state index is 9.12. The molecule has 1 fully saturated rings. The Hall–Kier alpha value is 0.210. The maximum Gasteiger partial charge on any atom is 0.0690 e. The van der Waals surface area contributed by atoms with E-state index in [-0.39, 0.29) is 18.5 Å². The Morgan fingerprint density at radius 3 is 2.56 bits per heavy atom. The molecule has 0 radical (unpaired) electrons. The lowest BCUT2D eigenvalue weighted by atomic mass is 10.0. The molecule has 0 amide bonds. The van der Waals surface area contributed by atoms with Gasteiger partial charge in [0.15, 0.2) is 0 Å². The zero-order valence-electron chi connectivity index (χ0n) is 5.63. The van der Waals surface area contributed by atoms with Crippen LogP contribution in [0.3, 0.4) is 0 Å². The lowest BCUT2D eigenvalue weighted by Gasteiger charge is -2.25. The highest BCUT2D eigenvalue weighted by molar-refractivity contribution is 5.85. The molecule has 0 aromatic rings. The van der Waals surface area contributed by atoms with Gasteiger partial charge in [-0.2, -0.15) is 0 Å². The molecule has 3 heteroatoms. The number of rotatable bonds is 0. The number of aliphatic hydroxyl groups excluding tert-OH is 1. The van der Waals surface area contributed by atoms with E-state index in [1.165, 1.54) is 0 Å². The number of nitrogens with one attached hydrogen (secondary N) is 1. The molecule has 0 aromatic carbocycles. The summed E-state index contributed by atoms with van der Waals surface area (Å²) in [6.07, 6.45) is 1.98. The predicted molar refractivity (Wildman–Crippen MR) is 40.0 cm³/mol. The summed E-state index contributed by atoms with van der Waals surface area (Å²) < 4.78 is 0. The Balaban J connectivity index is 0.000000640. The largest absolute Gasteiger partial charge is 0.392 e. The number of aliphatic hydroxyl groups is 1. The summed E-state index contributed by atoms with van der Waals surface area (Å²) in [4.78, 5) is 0. The van der Waals surface area contributed by atoms with Crippen LogP contribution in [0.1, 0.15) is 19.8 Å². The molecule has 56 valence electrons. The lowest BCUT2D eigenvalue weighted by molar-refractivity contribution is 0.104. The Kier molecular flexibility index (Phi) is 4.19. The second-order valence-electron chi connectivity index (χ2n) is 2.45. The number of hydrogen-bond donors (Lipinski definition) is 2. The fourth-order valence-electron chi connectivity index (χ4n) is 1.03. The van der Waals surface area contributed by atoms with Crippen LogP contribution in [-0.4, -0.2) is 23.8 Å². The first-order valence-electron chi connectivity index (χ1n) is 3.22. The second-order valence-corrected chi connectivity index (χ2v) is 2.45. The molecule has 2 atom stereocenters. The first-order chi connectivity index (χ1) is 3.80. The number of piperidine rings is 1. The summed E-state index contributed by atoms with van der Waals surface area (Å²) in [7, 11) is 0. The average molecular weight is 152 g/mol. The molecule has 0 aromatic heterocycles. The fourth-order valence-corrected chi connectivity index (χ4v) is 1.03. The monoisotopic (exact) mass is 151 g/mol. The molecule has 1 aliphatic rings. The van der Waals surface area contributed by atoms with Crippen LogP contribution in [0.25, 0.3) is 0 Å². The Labute approximate surface area is 62.1 Å². The van der Waals surface area contributed by atoms with E-state index in [0.717, 1.165) is 19.4 Å². The molecule has 1 aliphatic heterocycles. The van der Waals surface area contributed by atoms with E-state index < -0.39 is 0 Å². The molecule has 2 N–H and O–H groups in total. The lowest BCUT2D eigenvalue weighted by Crippen LogP contribution is -2.42. The van der Waals surface area contributed by atoms with E-state index >= 15 is 0 Å². The molecule has 0 spiro atoms. The van der Waals surface area contributed by atoms with Crippen molar-refractivity contribution in [1.29, 1.82) is 0 Å². The standard InChI is InChI=1S/C6H13NO.ClH/c1-5-6(8)3-2-4-7-5;/h5-8H,2-4H2,1H3;1H/t5-,6+;/m0./s1. The van der Waals surface area contributed by atoms with Gasteiger partial charge in [0.2, 0.25) is 0 Å². The van der Waals surface area contributed by atoms with Gasteiger partial charge in [-0.25, -0.2) is 0 Å². The van der Waals surface area contributed by atoms with Gasteiger partial charge >= 0.3 is 0 Å². The quantitative estimate of drug-likeness (QED) is 0.530. The Morgan fingerprint density at radius 2 is 2.22 bits per heavy atom. The molecule has 1 rings (SSSR count). The van der Waals surface area contributed by atoms with Gasteiger partial charge in [-0.1, -0.05) is 0 Å². The Bertz CT molecular complexity index is 69.5. The summed E-state index contributed by atoms with van der Waals surface area (Å²) >= 11 is 0. The van der Waals surface area contributed by atoms with Gasteiger partial charge < -0.3 is 10.4 Å². The fraction of sp³-hybridized carbons (Fsp3) is 1.00. The maximum absolute atomic E-state index is 9.12. The van der Waals surface area contributed by atoms with Crippen molar-refractivity contribution in [3.63, 3.8) is 0 Å². The SMILES string of the molecule is C[C@@H]1NCCC[C@H]1O.Cl. The van der Waals surface area contributed by atoms with Crippen molar-refractivity contribution in [2.45, 2.75) is 31.9 Å². The van der Waals surface area contributed by atoms with Crippen LogP contribution in [0.5, 0.6) is 0 Å². The van der Waals surface area contributed by atoms with Gasteiger partial charge in [0.05, 0.1) is 6.10 Å². The highest BCUT2D eigenvalue weighted by Crippen LogP contribution is 2.06. The van der Waals surface area contributed by atoms with Gasteiger partial charge in [-0.05, 0) is 26.3 Å². The number of halogens is 1. The molecule has 2 nitrogen and oxygen atoms in total. The van der Waals surface area contributed by atoms with Crippen molar-refractivity contribution < 1.29 is 5.11 Å². The van der Waals surface area contributed by atoms with E-state index in [4.69, 9.17) is 5.11 Å². The third-order valence-electron chi connectivity index (χ3n) is 1.72. The van der Waals surface area contributed by atoms with Crippen LogP contribution >= 0.6 is 12.4 Å². The molecule has 1 saturated heterocycles. The van der Waals surface area contributed by atoms with E-state index in [9.17, 15) is 0 Å². The zero-order chi connectivity index (χ0) is 5.98. The predicted octanol–water partition coefficient (Wildman–Crippen LogP) is 0.541. The van der Waals surface area contributed by atoms with E-state index in [1.54, 1.807) is 0 Å². The molecule has 1 heterocycles. The van der Waals surface area contributed by atoms with Crippen molar-refractivity contribution >= 4 is 12.4 Å². The summed E-state index contributed by atoms with van der Waals surface area (Å²) in [5.74, 6) is 0. The van der Waals surface area contributed by atoms with Crippen molar-refractivity contribution in [2.24, 2.45) is 0 Å². The van der Waals surface area contributed by atoms with E-state index in [1.807, 2.05) is 6.92 Å². The minimum Gasteiger partial charge on any atom is -0.392 e. The second kappa shape index (κ2) is 4.09. The van der Waals surface area contributed by atoms with Crippen molar-refractivity contribution in [1.82, 2.24) is 5.32 Å². The van der Waals surface area contributed by atoms with Crippen LogP contribution in [0.4, 0.5) is 0 Å². The van der Waals surface area contributed by atoms with Crippen molar-refractivity contribution in [2.75, 3.05) is 6.54 Å². The zero-order valence-corrected chi connectivity index (χ0v) is 6.45. The minimum absolute atomic E-state index is 0. The van der Waals surface area contributed by atoms with Crippen molar-refractivity contribution in [3.8, 4) is 0 Å². The summed E-state index contributed by atoms with van der Waals surface area (Å²) in [6, 6.07) is 0.309. The van der Waals surface area contributed by atoms with Crippen LogP contribution < -0.4 is 5.32 Å². The first-order valence-corrected chi connectivity index (χ1v) is 3.22. The molecule has 0 aliphatic carbocycles. The number of hydrogen-bond acceptors (Lipinski definition) is 2. The van der Waals surface area contributed by atoms with Crippen LogP contribution in [-0.2, 0) is 0 Å². The molecular formula is C6H14ClNO. The molecule has 0 bridgehead atoms. The smallest absolute Gasteiger partial charge is 0.0690 e. The summed E-state index contributed by atoms with van der Waals surface area (Å²) in [5.41, 5.74) is 0. The first kappa shape index (κ1) is 9.21.